The summed E-state index contributed by atoms with van der Waals surface area (Å²) in [6.45, 7) is 5.11. The minimum absolute atomic E-state index is 0.0261. The van der Waals surface area contributed by atoms with E-state index >= 15 is 0 Å². The van der Waals surface area contributed by atoms with Crippen molar-refractivity contribution in [3.05, 3.63) is 0 Å². The average Bonchev–Trinajstić information content (AvgIpc) is 2.47. The molecule has 0 saturated carbocycles. The fourth-order valence-corrected chi connectivity index (χ4v) is 1.81. The number of likely N-dealkylation sites (N-methyl/N-ethyl adjacent to an activating group) is 1. The molecule has 0 aromatic rings. The molecule has 2 N–H and O–H groups in total. The molecule has 1 rings (SSSR count). The molecule has 3 nitrogen and oxygen atoms in total. The van der Waals surface area contributed by atoms with E-state index in [1.54, 1.807) is 0 Å². The third-order valence-electron chi connectivity index (χ3n) is 2.47. The predicted molar refractivity (Wildman–Crippen MR) is 49.4 cm³/mol. The Labute approximate surface area is 78.1 Å². The van der Waals surface area contributed by atoms with Crippen LogP contribution < -0.4 is 10.6 Å². The van der Waals surface area contributed by atoms with Crippen molar-refractivity contribution in [2.45, 2.75) is 26.1 Å². The zero-order valence-corrected chi connectivity index (χ0v) is 8.14. The molecule has 0 amide bonds. The van der Waals surface area contributed by atoms with Crippen LogP contribution in [-0.2, 0) is 4.79 Å². The van der Waals surface area contributed by atoms with Crippen LogP contribution in [0.15, 0.2) is 0 Å². The summed E-state index contributed by atoms with van der Waals surface area (Å²) in [4.78, 5) is 11.2. The summed E-state index contributed by atoms with van der Waals surface area (Å²) >= 11 is 0. The van der Waals surface area contributed by atoms with Crippen LogP contribution in [0.5, 0.6) is 0 Å². The molecule has 0 aromatic carbocycles. The standard InChI is InChI=1S/C9H17FN2O/c1-3-12-9(6(2)13)7-4-11-5-8(7)10/h7-9,11-12H,3-5H2,1-2H3/t7-,8-,9?/m0/s1. The third-order valence-corrected chi connectivity index (χ3v) is 2.47. The van der Waals surface area contributed by atoms with Crippen LogP contribution in [0.2, 0.25) is 0 Å². The van der Waals surface area contributed by atoms with Gasteiger partial charge >= 0.3 is 0 Å². The van der Waals surface area contributed by atoms with Gasteiger partial charge in [-0.1, -0.05) is 6.92 Å². The van der Waals surface area contributed by atoms with Gasteiger partial charge in [0.25, 0.3) is 0 Å². The normalized spacial score (nSPS) is 30.4. The quantitative estimate of drug-likeness (QED) is 0.658. The average molecular weight is 188 g/mol. The van der Waals surface area contributed by atoms with Crippen molar-refractivity contribution < 1.29 is 9.18 Å². The number of alkyl halides is 1. The molecule has 1 unspecified atom stereocenters. The zero-order chi connectivity index (χ0) is 9.84. The minimum atomic E-state index is -0.895. The molecule has 0 spiro atoms. The van der Waals surface area contributed by atoms with E-state index in [2.05, 4.69) is 10.6 Å². The van der Waals surface area contributed by atoms with E-state index < -0.39 is 6.17 Å². The predicted octanol–water partition coefficient (Wildman–Crippen LogP) is 0.111. The van der Waals surface area contributed by atoms with Gasteiger partial charge in [0.1, 0.15) is 12.0 Å². The topological polar surface area (TPSA) is 41.1 Å². The van der Waals surface area contributed by atoms with Crippen LogP contribution >= 0.6 is 0 Å². The van der Waals surface area contributed by atoms with Crippen molar-refractivity contribution in [3.8, 4) is 0 Å². The molecule has 1 aliphatic heterocycles. The van der Waals surface area contributed by atoms with Gasteiger partial charge in [0.15, 0.2) is 0 Å². The second-order valence-electron chi connectivity index (χ2n) is 3.48. The first-order chi connectivity index (χ1) is 6.16. The molecule has 4 heteroatoms. The van der Waals surface area contributed by atoms with Crippen LogP contribution in [0, 0.1) is 5.92 Å². The number of ketones is 1. The Morgan fingerprint density at radius 3 is 2.77 bits per heavy atom. The van der Waals surface area contributed by atoms with Gasteiger partial charge in [-0.25, -0.2) is 4.39 Å². The van der Waals surface area contributed by atoms with Crippen LogP contribution in [0.1, 0.15) is 13.8 Å². The Morgan fingerprint density at radius 1 is 1.69 bits per heavy atom. The lowest BCUT2D eigenvalue weighted by molar-refractivity contribution is -0.120. The number of carbonyl (C=O) groups excluding carboxylic acids is 1. The van der Waals surface area contributed by atoms with Crippen molar-refractivity contribution in [1.82, 2.24) is 10.6 Å². The maximum Gasteiger partial charge on any atom is 0.147 e. The van der Waals surface area contributed by atoms with Crippen LogP contribution in [-0.4, -0.2) is 37.6 Å². The van der Waals surface area contributed by atoms with Crippen molar-refractivity contribution in [3.63, 3.8) is 0 Å². The van der Waals surface area contributed by atoms with E-state index in [0.717, 1.165) is 0 Å². The Morgan fingerprint density at radius 2 is 2.38 bits per heavy atom. The Balaban J connectivity index is 2.57. The lowest BCUT2D eigenvalue weighted by atomic mass is 9.94. The highest BCUT2D eigenvalue weighted by atomic mass is 19.1. The first-order valence-corrected chi connectivity index (χ1v) is 4.75. The van der Waals surface area contributed by atoms with Gasteiger partial charge in [-0.3, -0.25) is 4.79 Å². The highest BCUT2D eigenvalue weighted by Crippen LogP contribution is 2.17. The summed E-state index contributed by atoms with van der Waals surface area (Å²) < 4.78 is 13.3. The maximum absolute atomic E-state index is 13.3. The highest BCUT2D eigenvalue weighted by Gasteiger charge is 2.35. The lowest BCUT2D eigenvalue weighted by Gasteiger charge is -2.22. The summed E-state index contributed by atoms with van der Waals surface area (Å²) in [5.74, 6) is -0.171. The number of rotatable bonds is 4. The Kier molecular flexibility index (Phi) is 3.81. The smallest absolute Gasteiger partial charge is 0.147 e. The molecule has 0 aliphatic carbocycles. The van der Waals surface area contributed by atoms with Gasteiger partial charge in [0.05, 0.1) is 6.04 Å². The molecule has 13 heavy (non-hydrogen) atoms. The summed E-state index contributed by atoms with van der Waals surface area (Å²) in [6, 6.07) is -0.324. The van der Waals surface area contributed by atoms with Crippen molar-refractivity contribution in [1.29, 1.82) is 0 Å². The molecule has 1 fully saturated rings. The summed E-state index contributed by atoms with van der Waals surface area (Å²) in [6.07, 6.45) is -0.895. The van der Waals surface area contributed by atoms with Crippen molar-refractivity contribution >= 4 is 5.78 Å². The first kappa shape index (κ1) is 10.6. The number of hydrogen-bond acceptors (Lipinski definition) is 3. The van der Waals surface area contributed by atoms with Crippen LogP contribution in [0.25, 0.3) is 0 Å². The molecule has 0 aromatic heterocycles. The monoisotopic (exact) mass is 188 g/mol. The molecule has 1 aliphatic rings. The maximum atomic E-state index is 13.3. The summed E-state index contributed by atoms with van der Waals surface area (Å²) in [7, 11) is 0. The Hall–Kier alpha value is -0.480. The van der Waals surface area contributed by atoms with E-state index in [1.807, 2.05) is 6.92 Å². The van der Waals surface area contributed by atoms with E-state index in [4.69, 9.17) is 0 Å². The lowest BCUT2D eigenvalue weighted by Crippen LogP contribution is -2.45. The van der Waals surface area contributed by atoms with Gasteiger partial charge in [-0.15, -0.1) is 0 Å². The fourth-order valence-electron chi connectivity index (χ4n) is 1.81. The van der Waals surface area contributed by atoms with Gasteiger partial charge in [-0.05, 0) is 13.5 Å². The first-order valence-electron chi connectivity index (χ1n) is 4.75. The number of hydrogen-bond donors (Lipinski definition) is 2. The Bertz CT molecular complexity index is 186. The van der Waals surface area contributed by atoms with E-state index in [-0.39, 0.29) is 17.7 Å². The van der Waals surface area contributed by atoms with Crippen LogP contribution in [0.4, 0.5) is 4.39 Å². The zero-order valence-electron chi connectivity index (χ0n) is 8.14. The number of halogens is 1. The molecule has 76 valence electrons. The highest BCUT2D eigenvalue weighted by molar-refractivity contribution is 5.82. The SMILES string of the molecule is CCNC(C(C)=O)[C@H]1CNC[C@@H]1F. The molecule has 0 radical (unpaired) electrons. The molecule has 0 bridgehead atoms. The van der Waals surface area contributed by atoms with Gasteiger partial charge in [0.2, 0.25) is 0 Å². The van der Waals surface area contributed by atoms with E-state index in [1.165, 1.54) is 6.92 Å². The number of nitrogens with one attached hydrogen (secondary N) is 2. The molecule has 1 heterocycles. The van der Waals surface area contributed by atoms with Crippen molar-refractivity contribution in [2.75, 3.05) is 19.6 Å². The fraction of sp³-hybridized carbons (Fsp3) is 0.889. The third kappa shape index (κ3) is 2.48. The van der Waals surface area contributed by atoms with Gasteiger partial charge in [0, 0.05) is 19.0 Å². The summed E-state index contributed by atoms with van der Waals surface area (Å²) in [5, 5.41) is 5.97. The minimum Gasteiger partial charge on any atom is -0.313 e. The molecular formula is C9H17FN2O. The molecule has 1 saturated heterocycles. The van der Waals surface area contributed by atoms with E-state index in [9.17, 15) is 9.18 Å². The van der Waals surface area contributed by atoms with Crippen molar-refractivity contribution in [2.24, 2.45) is 5.92 Å². The number of Topliss-reactive ketones (excluding diaryl/α,β-unsaturated/α-hetero) is 1. The van der Waals surface area contributed by atoms with Gasteiger partial charge < -0.3 is 10.6 Å². The molecular weight excluding hydrogens is 171 g/mol. The van der Waals surface area contributed by atoms with E-state index in [0.29, 0.717) is 19.6 Å². The number of carbonyl (C=O) groups is 1. The second kappa shape index (κ2) is 4.67. The van der Waals surface area contributed by atoms with Crippen LogP contribution in [0.3, 0.4) is 0 Å². The largest absolute Gasteiger partial charge is 0.313 e. The van der Waals surface area contributed by atoms with Gasteiger partial charge in [-0.2, -0.15) is 0 Å². The second-order valence-corrected chi connectivity index (χ2v) is 3.48. The molecule has 3 atom stereocenters. The summed E-state index contributed by atoms with van der Waals surface area (Å²) in [5.41, 5.74) is 0.